The van der Waals surface area contributed by atoms with Crippen LogP contribution in [0, 0.1) is 20.8 Å². The van der Waals surface area contributed by atoms with Gasteiger partial charge in [0.15, 0.2) is 0 Å². The molecule has 0 aliphatic carbocycles. The molecule has 4 nitrogen and oxygen atoms in total. The largest absolute Gasteiger partial charge is 0.361 e. The molecule has 1 heterocycles. The van der Waals surface area contributed by atoms with Gasteiger partial charge in [0.2, 0.25) is 0 Å². The van der Waals surface area contributed by atoms with Crippen molar-refractivity contribution in [3.05, 3.63) is 76.7 Å². The summed E-state index contributed by atoms with van der Waals surface area (Å²) < 4.78 is 5.21. The zero-order valence-electron chi connectivity index (χ0n) is 14.5. The molecular weight excluding hydrogens is 332 g/mol. The van der Waals surface area contributed by atoms with Crippen molar-refractivity contribution in [2.75, 3.05) is 5.32 Å². The first kappa shape index (κ1) is 17.3. The topological polar surface area (TPSA) is 55.1 Å². The van der Waals surface area contributed by atoms with E-state index in [1.807, 2.05) is 69.3 Å². The number of carbonyl (C=O) groups is 1. The minimum atomic E-state index is -0.104. The maximum Gasteiger partial charge on any atom is 0.256 e. The summed E-state index contributed by atoms with van der Waals surface area (Å²) in [5.74, 6) is 1.44. The molecule has 1 amide bonds. The molecule has 0 fully saturated rings. The van der Waals surface area contributed by atoms with Crippen LogP contribution in [0.5, 0.6) is 0 Å². The molecule has 1 N–H and O–H groups in total. The van der Waals surface area contributed by atoms with Crippen LogP contribution in [0.25, 0.3) is 0 Å². The molecule has 0 bridgehead atoms. The van der Waals surface area contributed by atoms with Crippen LogP contribution in [0.1, 0.15) is 32.9 Å². The molecule has 0 unspecified atom stereocenters. The van der Waals surface area contributed by atoms with E-state index < -0.39 is 0 Å². The molecule has 1 aromatic heterocycles. The zero-order valence-corrected chi connectivity index (χ0v) is 15.3. The molecule has 0 aliphatic heterocycles. The maximum atomic E-state index is 12.7. The van der Waals surface area contributed by atoms with Gasteiger partial charge in [0, 0.05) is 21.9 Å². The van der Waals surface area contributed by atoms with Crippen LogP contribution in [0.2, 0.25) is 0 Å². The summed E-state index contributed by atoms with van der Waals surface area (Å²) in [6, 6.07) is 15.4. The molecule has 0 saturated carbocycles. The second-order valence-electron chi connectivity index (χ2n) is 5.91. The summed E-state index contributed by atoms with van der Waals surface area (Å²) in [5.41, 5.74) is 4.56. The molecule has 5 heteroatoms. The lowest BCUT2D eigenvalue weighted by Crippen LogP contribution is -2.13. The molecule has 3 rings (SSSR count). The van der Waals surface area contributed by atoms with Crippen LogP contribution >= 0.6 is 11.8 Å². The van der Waals surface area contributed by atoms with Gasteiger partial charge in [0.1, 0.15) is 5.76 Å². The Morgan fingerprint density at radius 1 is 1.12 bits per heavy atom. The van der Waals surface area contributed by atoms with Gasteiger partial charge in [-0.05, 0) is 50.6 Å². The van der Waals surface area contributed by atoms with E-state index in [1.165, 1.54) is 0 Å². The van der Waals surface area contributed by atoms with Crippen molar-refractivity contribution in [3.63, 3.8) is 0 Å². The standard InChI is InChI=1S/C20H20N2O2S/c1-13-7-6-8-16(11-13)21-20(23)17-9-4-5-10-19(17)25-12-18-14(2)22-24-15(18)3/h4-11H,12H2,1-3H3,(H,21,23). The highest BCUT2D eigenvalue weighted by atomic mass is 32.2. The first-order chi connectivity index (χ1) is 12.0. The zero-order chi connectivity index (χ0) is 17.8. The van der Waals surface area contributed by atoms with E-state index in [1.54, 1.807) is 11.8 Å². The molecule has 0 aliphatic rings. The van der Waals surface area contributed by atoms with Gasteiger partial charge in [0.25, 0.3) is 5.91 Å². The second kappa shape index (κ2) is 7.57. The number of rotatable bonds is 5. The van der Waals surface area contributed by atoms with Gasteiger partial charge in [-0.3, -0.25) is 4.79 Å². The molecular formula is C20H20N2O2S. The van der Waals surface area contributed by atoms with Gasteiger partial charge < -0.3 is 9.84 Å². The van der Waals surface area contributed by atoms with Crippen molar-refractivity contribution in [2.45, 2.75) is 31.4 Å². The normalized spacial score (nSPS) is 10.7. The van der Waals surface area contributed by atoms with E-state index in [0.717, 1.165) is 38.9 Å². The third-order valence-electron chi connectivity index (χ3n) is 3.96. The lowest BCUT2D eigenvalue weighted by atomic mass is 10.2. The molecule has 0 atom stereocenters. The average molecular weight is 352 g/mol. The molecule has 3 aromatic rings. The first-order valence-electron chi connectivity index (χ1n) is 8.06. The fourth-order valence-corrected chi connectivity index (χ4v) is 3.76. The van der Waals surface area contributed by atoms with Crippen LogP contribution in [0.3, 0.4) is 0 Å². The molecule has 2 aromatic carbocycles. The molecule has 0 saturated heterocycles. The summed E-state index contributed by atoms with van der Waals surface area (Å²) in [6.07, 6.45) is 0. The number of amides is 1. The van der Waals surface area contributed by atoms with E-state index in [2.05, 4.69) is 10.5 Å². The fourth-order valence-electron chi connectivity index (χ4n) is 2.56. The highest BCUT2D eigenvalue weighted by molar-refractivity contribution is 7.98. The minimum Gasteiger partial charge on any atom is -0.361 e. The third kappa shape index (κ3) is 4.12. The number of hydrogen-bond acceptors (Lipinski definition) is 4. The fraction of sp³-hybridized carbons (Fsp3) is 0.200. The summed E-state index contributed by atoms with van der Waals surface area (Å²) in [6.45, 7) is 5.85. The SMILES string of the molecule is Cc1cccc(NC(=O)c2ccccc2SCc2c(C)noc2C)c1. The number of aromatic nitrogens is 1. The van der Waals surface area contributed by atoms with Crippen LogP contribution in [0.15, 0.2) is 57.9 Å². The predicted molar refractivity (Wildman–Crippen MR) is 101 cm³/mol. The first-order valence-corrected chi connectivity index (χ1v) is 9.05. The monoisotopic (exact) mass is 352 g/mol. The minimum absolute atomic E-state index is 0.104. The number of nitrogens with zero attached hydrogens (tertiary/aromatic N) is 1. The quantitative estimate of drug-likeness (QED) is 0.646. The smallest absolute Gasteiger partial charge is 0.256 e. The van der Waals surface area contributed by atoms with Gasteiger partial charge in [0.05, 0.1) is 11.3 Å². The second-order valence-corrected chi connectivity index (χ2v) is 6.93. The Bertz CT molecular complexity index is 883. The third-order valence-corrected chi connectivity index (χ3v) is 5.06. The van der Waals surface area contributed by atoms with Gasteiger partial charge >= 0.3 is 0 Å². The number of nitrogens with one attached hydrogen (secondary N) is 1. The lowest BCUT2D eigenvalue weighted by molar-refractivity contribution is 0.102. The van der Waals surface area contributed by atoms with Crippen molar-refractivity contribution in [1.29, 1.82) is 0 Å². The summed E-state index contributed by atoms with van der Waals surface area (Å²) >= 11 is 1.61. The Kier molecular flexibility index (Phi) is 5.24. The van der Waals surface area contributed by atoms with Crippen molar-refractivity contribution in [3.8, 4) is 0 Å². The lowest BCUT2D eigenvalue weighted by Gasteiger charge is -2.10. The predicted octanol–water partition coefficient (Wildman–Crippen LogP) is 5.14. The van der Waals surface area contributed by atoms with Crippen molar-refractivity contribution in [1.82, 2.24) is 5.16 Å². The van der Waals surface area contributed by atoms with E-state index in [4.69, 9.17) is 4.52 Å². The number of hydrogen-bond donors (Lipinski definition) is 1. The van der Waals surface area contributed by atoms with E-state index in [-0.39, 0.29) is 5.91 Å². The average Bonchev–Trinajstić information content (AvgIpc) is 2.91. The van der Waals surface area contributed by atoms with Crippen LogP contribution in [-0.2, 0) is 5.75 Å². The van der Waals surface area contributed by atoms with Gasteiger partial charge in [-0.15, -0.1) is 11.8 Å². The Balaban J connectivity index is 1.77. The number of benzene rings is 2. The van der Waals surface area contributed by atoms with Crippen molar-refractivity contribution < 1.29 is 9.32 Å². The maximum absolute atomic E-state index is 12.7. The number of thioether (sulfide) groups is 1. The summed E-state index contributed by atoms with van der Waals surface area (Å²) in [4.78, 5) is 13.6. The Labute approximate surface area is 151 Å². The molecule has 0 spiro atoms. The Morgan fingerprint density at radius 2 is 1.92 bits per heavy atom. The Hall–Kier alpha value is -2.53. The number of anilines is 1. The van der Waals surface area contributed by atoms with Gasteiger partial charge in [-0.2, -0.15) is 0 Å². The van der Waals surface area contributed by atoms with E-state index in [0.29, 0.717) is 5.56 Å². The van der Waals surface area contributed by atoms with E-state index in [9.17, 15) is 4.79 Å². The summed E-state index contributed by atoms with van der Waals surface area (Å²) in [5, 5.41) is 6.95. The molecule has 128 valence electrons. The van der Waals surface area contributed by atoms with Crippen molar-refractivity contribution in [2.24, 2.45) is 0 Å². The highest BCUT2D eigenvalue weighted by Crippen LogP contribution is 2.29. The molecule has 25 heavy (non-hydrogen) atoms. The highest BCUT2D eigenvalue weighted by Gasteiger charge is 2.14. The van der Waals surface area contributed by atoms with Crippen LogP contribution in [0.4, 0.5) is 5.69 Å². The summed E-state index contributed by atoms with van der Waals surface area (Å²) in [7, 11) is 0. The number of carbonyl (C=O) groups excluding carboxylic acids is 1. The van der Waals surface area contributed by atoms with Gasteiger partial charge in [-0.1, -0.05) is 29.4 Å². The van der Waals surface area contributed by atoms with Gasteiger partial charge in [-0.25, -0.2) is 0 Å². The Morgan fingerprint density at radius 3 is 2.64 bits per heavy atom. The van der Waals surface area contributed by atoms with Crippen LogP contribution < -0.4 is 5.32 Å². The van der Waals surface area contributed by atoms with Crippen molar-refractivity contribution >= 4 is 23.4 Å². The number of aryl methyl sites for hydroxylation is 3. The molecule has 0 radical (unpaired) electrons. The van der Waals surface area contributed by atoms with Crippen LogP contribution in [-0.4, -0.2) is 11.1 Å². The van der Waals surface area contributed by atoms with E-state index >= 15 is 0 Å².